The molecule has 0 aliphatic carbocycles. The van der Waals surface area contributed by atoms with Gasteiger partial charge in [-0.25, -0.2) is 8.78 Å². The van der Waals surface area contributed by atoms with Crippen LogP contribution in [-0.2, 0) is 23.9 Å². The zero-order valence-corrected chi connectivity index (χ0v) is 15.6. The fraction of sp³-hybridized carbons (Fsp3) is 0.500. The molecule has 2 atom stereocenters. The van der Waals surface area contributed by atoms with Crippen LogP contribution in [-0.4, -0.2) is 38.2 Å². The molecule has 29 heavy (non-hydrogen) atoms. The van der Waals surface area contributed by atoms with Crippen molar-refractivity contribution in [1.82, 2.24) is 19.7 Å². The van der Waals surface area contributed by atoms with Gasteiger partial charge in [0.05, 0.1) is 6.04 Å². The Labute approximate surface area is 163 Å². The summed E-state index contributed by atoms with van der Waals surface area (Å²) in [5, 5.41) is 6.88. The molecule has 2 N–H and O–H groups in total. The van der Waals surface area contributed by atoms with Gasteiger partial charge in [0.1, 0.15) is 11.6 Å². The summed E-state index contributed by atoms with van der Waals surface area (Å²) in [6.07, 6.45) is -4.56. The molecule has 1 unspecified atom stereocenters. The molecule has 158 valence electrons. The van der Waals surface area contributed by atoms with Crippen molar-refractivity contribution in [3.05, 3.63) is 47.0 Å². The molecular formula is C18H20F5N5O. The van der Waals surface area contributed by atoms with E-state index in [-0.39, 0.29) is 43.7 Å². The maximum Gasteiger partial charge on any atom is 0.451 e. The van der Waals surface area contributed by atoms with Gasteiger partial charge in [0, 0.05) is 25.6 Å². The van der Waals surface area contributed by atoms with E-state index in [9.17, 15) is 26.7 Å². The van der Waals surface area contributed by atoms with E-state index in [1.165, 1.54) is 4.90 Å². The Morgan fingerprint density at radius 2 is 2.00 bits per heavy atom. The second-order valence-corrected chi connectivity index (χ2v) is 7.05. The van der Waals surface area contributed by atoms with Crippen LogP contribution in [0.2, 0.25) is 0 Å². The van der Waals surface area contributed by atoms with E-state index in [1.807, 2.05) is 0 Å². The minimum Gasteiger partial charge on any atom is -0.333 e. The van der Waals surface area contributed by atoms with Crippen LogP contribution in [0, 0.1) is 11.6 Å². The van der Waals surface area contributed by atoms with Gasteiger partial charge in [-0.1, -0.05) is 0 Å². The molecule has 0 spiro atoms. The van der Waals surface area contributed by atoms with Crippen LogP contribution in [0.25, 0.3) is 0 Å². The SMILES string of the molecule is CC1c2nnc(C(F)(F)F)n2CCCN1C(=O)C[C@H](N)Cc1cc(F)ccc1F. The lowest BCUT2D eigenvalue weighted by atomic mass is 10.0. The van der Waals surface area contributed by atoms with Crippen molar-refractivity contribution < 1.29 is 26.7 Å². The average Bonchev–Trinajstić information content (AvgIpc) is 2.98. The van der Waals surface area contributed by atoms with Crippen molar-refractivity contribution in [1.29, 1.82) is 0 Å². The van der Waals surface area contributed by atoms with E-state index in [1.54, 1.807) is 6.92 Å². The van der Waals surface area contributed by atoms with Crippen LogP contribution in [0.15, 0.2) is 18.2 Å². The van der Waals surface area contributed by atoms with Gasteiger partial charge in [-0.2, -0.15) is 13.2 Å². The molecule has 0 saturated heterocycles. The van der Waals surface area contributed by atoms with Gasteiger partial charge in [0.2, 0.25) is 11.7 Å². The molecule has 1 aromatic heterocycles. The Balaban J connectivity index is 1.72. The highest BCUT2D eigenvalue weighted by atomic mass is 19.4. The number of halogens is 5. The van der Waals surface area contributed by atoms with Gasteiger partial charge < -0.3 is 15.2 Å². The molecule has 0 fully saturated rings. The molecule has 2 aromatic rings. The van der Waals surface area contributed by atoms with Crippen LogP contribution in [0.4, 0.5) is 22.0 Å². The number of amides is 1. The third kappa shape index (κ3) is 4.55. The largest absolute Gasteiger partial charge is 0.451 e. The molecule has 0 bridgehead atoms. The first-order chi connectivity index (χ1) is 13.6. The molecule has 0 saturated carbocycles. The molecule has 1 amide bonds. The Bertz CT molecular complexity index is 897. The summed E-state index contributed by atoms with van der Waals surface area (Å²) in [5.74, 6) is -2.67. The fourth-order valence-electron chi connectivity index (χ4n) is 3.52. The molecule has 1 aliphatic heterocycles. The van der Waals surface area contributed by atoms with Crippen LogP contribution in [0.3, 0.4) is 0 Å². The van der Waals surface area contributed by atoms with Crippen molar-refractivity contribution in [2.45, 2.75) is 51.0 Å². The number of hydrogen-bond acceptors (Lipinski definition) is 4. The second kappa shape index (κ2) is 8.05. The van der Waals surface area contributed by atoms with E-state index in [2.05, 4.69) is 10.2 Å². The van der Waals surface area contributed by atoms with Crippen LogP contribution >= 0.6 is 0 Å². The molecule has 11 heteroatoms. The van der Waals surface area contributed by atoms with Crippen molar-refractivity contribution in [3.63, 3.8) is 0 Å². The van der Waals surface area contributed by atoms with Crippen molar-refractivity contribution >= 4 is 5.91 Å². The Morgan fingerprint density at radius 1 is 1.28 bits per heavy atom. The third-order valence-corrected chi connectivity index (χ3v) is 4.90. The van der Waals surface area contributed by atoms with E-state index in [0.717, 1.165) is 22.8 Å². The number of fused-ring (bicyclic) bond motifs is 1. The van der Waals surface area contributed by atoms with E-state index in [0.29, 0.717) is 0 Å². The third-order valence-electron chi connectivity index (χ3n) is 4.90. The topological polar surface area (TPSA) is 77.0 Å². The lowest BCUT2D eigenvalue weighted by Gasteiger charge is -2.27. The minimum absolute atomic E-state index is 0.0336. The molecule has 1 aliphatic rings. The summed E-state index contributed by atoms with van der Waals surface area (Å²) in [5.41, 5.74) is 6.01. The summed E-state index contributed by atoms with van der Waals surface area (Å²) in [7, 11) is 0. The van der Waals surface area contributed by atoms with Crippen LogP contribution in [0.1, 0.15) is 43.0 Å². The van der Waals surface area contributed by atoms with E-state index < -0.39 is 41.6 Å². The maximum absolute atomic E-state index is 13.8. The smallest absolute Gasteiger partial charge is 0.333 e. The second-order valence-electron chi connectivity index (χ2n) is 7.05. The number of hydrogen-bond donors (Lipinski definition) is 1. The number of benzene rings is 1. The van der Waals surface area contributed by atoms with Gasteiger partial charge in [0.25, 0.3) is 0 Å². The van der Waals surface area contributed by atoms with Gasteiger partial charge in [-0.3, -0.25) is 4.79 Å². The number of carbonyl (C=O) groups is 1. The van der Waals surface area contributed by atoms with Gasteiger partial charge in [-0.15, -0.1) is 10.2 Å². The van der Waals surface area contributed by atoms with Gasteiger partial charge in [-0.05, 0) is 43.5 Å². The predicted molar refractivity (Wildman–Crippen MR) is 92.4 cm³/mol. The average molecular weight is 417 g/mol. The van der Waals surface area contributed by atoms with E-state index in [4.69, 9.17) is 5.73 Å². The van der Waals surface area contributed by atoms with Crippen molar-refractivity contribution in [2.75, 3.05) is 6.54 Å². The van der Waals surface area contributed by atoms with E-state index >= 15 is 0 Å². The summed E-state index contributed by atoms with van der Waals surface area (Å²) in [6.45, 7) is 1.83. The Morgan fingerprint density at radius 3 is 2.69 bits per heavy atom. The first kappa shape index (κ1) is 21.2. The highest BCUT2D eigenvalue weighted by Crippen LogP contribution is 2.32. The number of carbonyl (C=O) groups excluding carboxylic acids is 1. The summed E-state index contributed by atoms with van der Waals surface area (Å²) in [6, 6.07) is 1.49. The number of nitrogens with two attached hydrogens (primary N) is 1. The lowest BCUT2D eigenvalue weighted by Crippen LogP contribution is -2.38. The Hall–Kier alpha value is -2.56. The fourth-order valence-corrected chi connectivity index (χ4v) is 3.52. The molecule has 6 nitrogen and oxygen atoms in total. The number of aromatic nitrogens is 3. The molecule has 1 aromatic carbocycles. The molecule has 0 radical (unpaired) electrons. The highest BCUT2D eigenvalue weighted by molar-refractivity contribution is 5.77. The standard InChI is InChI=1S/C18H20F5N5O/c1-10-16-25-26-17(18(21,22)23)28(16)6-2-5-27(10)15(29)9-13(24)8-11-7-12(19)3-4-14(11)20/h3-4,7,10,13H,2,5-6,8-9,24H2,1H3/t10?,13-/m1/s1. The van der Waals surface area contributed by atoms with Crippen LogP contribution in [0.5, 0.6) is 0 Å². The monoisotopic (exact) mass is 417 g/mol. The first-order valence-electron chi connectivity index (χ1n) is 9.07. The van der Waals surface area contributed by atoms with Crippen molar-refractivity contribution in [3.8, 4) is 0 Å². The van der Waals surface area contributed by atoms with Gasteiger partial charge >= 0.3 is 6.18 Å². The zero-order chi connectivity index (χ0) is 21.3. The van der Waals surface area contributed by atoms with Crippen LogP contribution < -0.4 is 5.73 Å². The summed E-state index contributed by atoms with van der Waals surface area (Å²) >= 11 is 0. The highest BCUT2D eigenvalue weighted by Gasteiger charge is 2.40. The minimum atomic E-state index is -4.64. The number of nitrogens with zero attached hydrogens (tertiary/aromatic N) is 4. The zero-order valence-electron chi connectivity index (χ0n) is 15.6. The summed E-state index contributed by atoms with van der Waals surface area (Å²) < 4.78 is 67.3. The first-order valence-corrected chi connectivity index (χ1v) is 9.07. The predicted octanol–water partition coefficient (Wildman–Crippen LogP) is 2.83. The summed E-state index contributed by atoms with van der Waals surface area (Å²) in [4.78, 5) is 14.1. The quantitative estimate of drug-likeness (QED) is 0.777. The van der Waals surface area contributed by atoms with Crippen molar-refractivity contribution in [2.24, 2.45) is 5.73 Å². The Kier molecular flexibility index (Phi) is 5.87. The molecule has 3 rings (SSSR count). The van der Waals surface area contributed by atoms with Gasteiger partial charge in [0.15, 0.2) is 5.82 Å². The molecule has 2 heterocycles. The lowest BCUT2D eigenvalue weighted by molar-refractivity contribution is -0.147. The maximum atomic E-state index is 13.8. The normalized spacial score (nSPS) is 18.3. The number of alkyl halides is 3. The number of rotatable bonds is 4. The molecular weight excluding hydrogens is 397 g/mol.